The Morgan fingerprint density at radius 3 is 2.38 bits per heavy atom. The van der Waals surface area contributed by atoms with Crippen LogP contribution in [0.2, 0.25) is 5.02 Å². The number of hydrogen-bond donors (Lipinski definition) is 1. The number of benzene rings is 3. The molecular formula is C25H27ClN2O4S2. The van der Waals surface area contributed by atoms with Gasteiger partial charge < -0.3 is 10.1 Å². The van der Waals surface area contributed by atoms with E-state index in [4.69, 9.17) is 16.3 Å². The van der Waals surface area contributed by atoms with Crippen LogP contribution in [-0.2, 0) is 14.8 Å². The summed E-state index contributed by atoms with van der Waals surface area (Å²) >= 11 is 7.57. The molecule has 0 saturated carbocycles. The molecule has 0 heterocycles. The number of carbonyl (C=O) groups is 1. The Hall–Kier alpha value is -2.68. The predicted octanol–water partition coefficient (Wildman–Crippen LogP) is 5.23. The van der Waals surface area contributed by atoms with Crippen molar-refractivity contribution < 1.29 is 17.9 Å². The Balaban J connectivity index is 1.68. The van der Waals surface area contributed by atoms with Gasteiger partial charge in [0, 0.05) is 16.5 Å². The second-order valence-electron chi connectivity index (χ2n) is 7.23. The van der Waals surface area contributed by atoms with E-state index in [1.807, 2.05) is 31.2 Å². The Morgan fingerprint density at radius 1 is 1.00 bits per heavy atom. The van der Waals surface area contributed by atoms with Gasteiger partial charge in [-0.05, 0) is 67.6 Å². The molecule has 3 aromatic carbocycles. The van der Waals surface area contributed by atoms with E-state index in [0.717, 1.165) is 21.4 Å². The van der Waals surface area contributed by atoms with Gasteiger partial charge >= 0.3 is 0 Å². The lowest BCUT2D eigenvalue weighted by Crippen LogP contribution is -2.41. The first-order valence-electron chi connectivity index (χ1n) is 10.9. The molecule has 9 heteroatoms. The van der Waals surface area contributed by atoms with Crippen LogP contribution in [0.1, 0.15) is 13.3 Å². The summed E-state index contributed by atoms with van der Waals surface area (Å²) in [5.41, 5.74) is 0.321. The summed E-state index contributed by atoms with van der Waals surface area (Å²) in [6.45, 7) is 2.27. The zero-order valence-corrected chi connectivity index (χ0v) is 21.2. The second kappa shape index (κ2) is 12.7. The Bertz CT molecular complexity index is 1170. The van der Waals surface area contributed by atoms with Crippen LogP contribution >= 0.6 is 23.4 Å². The van der Waals surface area contributed by atoms with Gasteiger partial charge in [-0.2, -0.15) is 0 Å². The van der Waals surface area contributed by atoms with E-state index in [1.54, 1.807) is 54.2 Å². The molecule has 0 fully saturated rings. The fraction of sp³-hybridized carbons (Fsp3) is 0.240. The molecule has 3 aromatic rings. The summed E-state index contributed by atoms with van der Waals surface area (Å²) in [5.74, 6) is 0.820. The van der Waals surface area contributed by atoms with E-state index in [2.05, 4.69) is 5.32 Å². The standard InChI is InChI=1S/C25H27ClN2O4S2/c1-2-32-24-12-7-6-11-23(24)28(34(30,31)22-9-4-3-5-10-22)19-25(29)27-17-8-18-33-21-15-13-20(26)14-16-21/h3-7,9-16H,2,8,17-19H2,1H3,(H,27,29). The largest absolute Gasteiger partial charge is 0.492 e. The van der Waals surface area contributed by atoms with Gasteiger partial charge in [0.25, 0.3) is 10.0 Å². The molecule has 3 rings (SSSR count). The fourth-order valence-electron chi connectivity index (χ4n) is 3.17. The maximum absolute atomic E-state index is 13.5. The monoisotopic (exact) mass is 518 g/mol. The van der Waals surface area contributed by atoms with Crippen LogP contribution < -0.4 is 14.4 Å². The smallest absolute Gasteiger partial charge is 0.264 e. The molecule has 1 N–H and O–H groups in total. The van der Waals surface area contributed by atoms with Crippen molar-refractivity contribution in [2.45, 2.75) is 23.1 Å². The average molecular weight is 519 g/mol. The zero-order valence-electron chi connectivity index (χ0n) is 18.8. The highest BCUT2D eigenvalue weighted by molar-refractivity contribution is 7.99. The maximum Gasteiger partial charge on any atom is 0.264 e. The molecule has 0 aliphatic heterocycles. The second-order valence-corrected chi connectivity index (χ2v) is 10.7. The van der Waals surface area contributed by atoms with Gasteiger partial charge in [-0.3, -0.25) is 9.10 Å². The first-order valence-corrected chi connectivity index (χ1v) is 13.7. The minimum atomic E-state index is -3.99. The minimum Gasteiger partial charge on any atom is -0.492 e. The lowest BCUT2D eigenvalue weighted by atomic mass is 10.3. The number of halogens is 1. The number of hydrogen-bond acceptors (Lipinski definition) is 5. The van der Waals surface area contributed by atoms with Gasteiger partial charge in [0.05, 0.1) is 17.2 Å². The van der Waals surface area contributed by atoms with Gasteiger partial charge in [-0.1, -0.05) is 41.9 Å². The van der Waals surface area contributed by atoms with Crippen molar-refractivity contribution in [2.75, 3.05) is 29.8 Å². The van der Waals surface area contributed by atoms with Crippen molar-refractivity contribution in [2.24, 2.45) is 0 Å². The molecule has 0 aliphatic carbocycles. The minimum absolute atomic E-state index is 0.105. The molecule has 0 unspecified atom stereocenters. The summed E-state index contributed by atoms with van der Waals surface area (Å²) in [5, 5.41) is 3.53. The Labute approximate surface area is 210 Å². The molecule has 0 radical (unpaired) electrons. The zero-order chi connectivity index (χ0) is 24.4. The van der Waals surface area contributed by atoms with E-state index in [0.29, 0.717) is 29.6 Å². The SMILES string of the molecule is CCOc1ccccc1N(CC(=O)NCCCSc1ccc(Cl)cc1)S(=O)(=O)c1ccccc1. The van der Waals surface area contributed by atoms with Crippen LogP contribution in [0.5, 0.6) is 5.75 Å². The number of nitrogens with zero attached hydrogens (tertiary/aromatic N) is 1. The number of nitrogens with one attached hydrogen (secondary N) is 1. The highest BCUT2D eigenvalue weighted by Gasteiger charge is 2.29. The molecular weight excluding hydrogens is 492 g/mol. The molecule has 0 aromatic heterocycles. The number of rotatable bonds is 12. The molecule has 1 amide bonds. The van der Waals surface area contributed by atoms with Crippen molar-refractivity contribution in [1.82, 2.24) is 5.32 Å². The number of amides is 1. The van der Waals surface area contributed by atoms with Crippen LogP contribution in [0.3, 0.4) is 0 Å². The summed E-state index contributed by atoms with van der Waals surface area (Å²) in [6.07, 6.45) is 0.736. The normalized spacial score (nSPS) is 11.1. The first-order chi connectivity index (χ1) is 16.4. The van der Waals surface area contributed by atoms with E-state index < -0.39 is 10.0 Å². The third-order valence-corrected chi connectivity index (χ3v) is 7.90. The summed E-state index contributed by atoms with van der Waals surface area (Å²) in [6, 6.07) is 22.5. The van der Waals surface area contributed by atoms with E-state index in [-0.39, 0.29) is 17.3 Å². The highest BCUT2D eigenvalue weighted by Crippen LogP contribution is 2.32. The molecule has 0 aliphatic rings. The number of carbonyl (C=O) groups excluding carboxylic acids is 1. The number of thioether (sulfide) groups is 1. The van der Waals surface area contributed by atoms with Crippen molar-refractivity contribution >= 4 is 45.0 Å². The van der Waals surface area contributed by atoms with Crippen LogP contribution in [0, 0.1) is 0 Å². The van der Waals surface area contributed by atoms with E-state index >= 15 is 0 Å². The lowest BCUT2D eigenvalue weighted by Gasteiger charge is -2.26. The van der Waals surface area contributed by atoms with Crippen molar-refractivity contribution in [3.8, 4) is 5.75 Å². The number of ether oxygens (including phenoxy) is 1. The first kappa shape index (κ1) is 25.9. The molecule has 6 nitrogen and oxygen atoms in total. The molecule has 0 bridgehead atoms. The molecule has 34 heavy (non-hydrogen) atoms. The van der Waals surface area contributed by atoms with Crippen LogP contribution in [0.15, 0.2) is 88.7 Å². The summed E-state index contributed by atoms with van der Waals surface area (Å²) in [7, 11) is -3.99. The Kier molecular flexibility index (Phi) is 9.68. The van der Waals surface area contributed by atoms with Gasteiger partial charge in [0.2, 0.25) is 5.91 Å². The Morgan fingerprint density at radius 2 is 1.68 bits per heavy atom. The van der Waals surface area contributed by atoms with Gasteiger partial charge in [-0.25, -0.2) is 8.42 Å². The number of para-hydroxylation sites is 2. The quantitative estimate of drug-likeness (QED) is 0.262. The van der Waals surface area contributed by atoms with Crippen LogP contribution in [0.4, 0.5) is 5.69 Å². The van der Waals surface area contributed by atoms with Gasteiger partial charge in [0.15, 0.2) is 0 Å². The van der Waals surface area contributed by atoms with E-state index in [1.165, 1.54) is 12.1 Å². The van der Waals surface area contributed by atoms with Crippen molar-refractivity contribution in [3.63, 3.8) is 0 Å². The summed E-state index contributed by atoms with van der Waals surface area (Å²) in [4.78, 5) is 14.0. The average Bonchev–Trinajstić information content (AvgIpc) is 2.85. The van der Waals surface area contributed by atoms with Gasteiger partial charge in [-0.15, -0.1) is 11.8 Å². The highest BCUT2D eigenvalue weighted by atomic mass is 35.5. The summed E-state index contributed by atoms with van der Waals surface area (Å²) < 4.78 is 33.7. The van der Waals surface area contributed by atoms with Gasteiger partial charge in [0.1, 0.15) is 12.3 Å². The molecule has 180 valence electrons. The lowest BCUT2D eigenvalue weighted by molar-refractivity contribution is -0.119. The molecule has 0 saturated heterocycles. The number of anilines is 1. The third kappa shape index (κ3) is 7.16. The van der Waals surface area contributed by atoms with Crippen molar-refractivity contribution in [3.05, 3.63) is 83.9 Å². The topological polar surface area (TPSA) is 75.7 Å². The van der Waals surface area contributed by atoms with Crippen molar-refractivity contribution in [1.29, 1.82) is 0 Å². The molecule has 0 spiro atoms. The fourth-order valence-corrected chi connectivity index (χ4v) is 5.60. The molecule has 0 atom stereocenters. The third-order valence-electron chi connectivity index (χ3n) is 4.78. The van der Waals surface area contributed by atoms with Crippen LogP contribution in [0.25, 0.3) is 0 Å². The van der Waals surface area contributed by atoms with Crippen LogP contribution in [-0.4, -0.2) is 39.8 Å². The maximum atomic E-state index is 13.5. The number of sulfonamides is 1. The predicted molar refractivity (Wildman–Crippen MR) is 138 cm³/mol. The van der Waals surface area contributed by atoms with E-state index in [9.17, 15) is 13.2 Å².